The fraction of sp³-hybridized carbons (Fsp3) is 0.0455. The smallest absolute Gasteiger partial charge is 0.346 e. The van der Waals surface area contributed by atoms with Crippen LogP contribution >= 0.6 is 0 Å². The Kier molecular flexibility index (Phi) is 4.83. The molecule has 0 radical (unpaired) electrons. The van der Waals surface area contributed by atoms with E-state index in [0.717, 1.165) is 18.2 Å². The number of alkyl halides is 3. The number of carbonyl (C=O) groups excluding carboxylic acids is 1. The van der Waals surface area contributed by atoms with Crippen LogP contribution in [0.25, 0.3) is 33.3 Å². The molecule has 1 amide bonds. The number of carbonyl (C=O) groups is 1. The van der Waals surface area contributed by atoms with Crippen LogP contribution < -0.4 is 5.32 Å². The first-order valence-electron chi connectivity index (χ1n) is 8.89. The van der Waals surface area contributed by atoms with Crippen molar-refractivity contribution in [1.82, 2.24) is 15.0 Å². The lowest BCUT2D eigenvalue weighted by atomic mass is 10.0. The van der Waals surface area contributed by atoms with Crippen molar-refractivity contribution >= 4 is 22.6 Å². The largest absolute Gasteiger partial charge is 0.416 e. The molecule has 8 heteroatoms. The number of amides is 1. The Hall–Kier alpha value is -3.94. The number of halogens is 3. The predicted molar refractivity (Wildman–Crippen MR) is 109 cm³/mol. The van der Waals surface area contributed by atoms with Gasteiger partial charge >= 0.3 is 6.18 Å². The van der Waals surface area contributed by atoms with Crippen molar-refractivity contribution in [2.75, 3.05) is 5.32 Å². The van der Waals surface area contributed by atoms with Crippen LogP contribution in [0.15, 0.2) is 73.8 Å². The maximum atomic E-state index is 13.1. The third-order valence-electron chi connectivity index (χ3n) is 4.56. The first-order chi connectivity index (χ1) is 14.3. The summed E-state index contributed by atoms with van der Waals surface area (Å²) in [5, 5.41) is 3.31. The molecular weight excluding hydrogens is 393 g/mol. The quantitative estimate of drug-likeness (QED) is 0.442. The number of pyridine rings is 2. The highest BCUT2D eigenvalue weighted by molar-refractivity contribution is 5.99. The maximum absolute atomic E-state index is 13.1. The van der Waals surface area contributed by atoms with Gasteiger partial charge in [0.15, 0.2) is 0 Å². The number of nitrogens with zero attached hydrogens (tertiary/aromatic N) is 2. The molecule has 5 nitrogen and oxygen atoms in total. The molecule has 2 N–H and O–H groups in total. The van der Waals surface area contributed by atoms with Crippen molar-refractivity contribution in [2.24, 2.45) is 0 Å². The SMILES string of the molecule is C=CC(=O)Nc1cncc(-c2cnc3[nH]cc(-c4cccc(C(F)(F)F)c4)c3c2)c1. The summed E-state index contributed by atoms with van der Waals surface area (Å²) in [6, 6.07) is 8.71. The number of H-pyrrole nitrogens is 1. The zero-order valence-corrected chi connectivity index (χ0v) is 15.5. The molecule has 0 atom stereocenters. The summed E-state index contributed by atoms with van der Waals surface area (Å²) >= 11 is 0. The number of anilines is 1. The first kappa shape index (κ1) is 19.4. The minimum atomic E-state index is -4.42. The first-order valence-corrected chi connectivity index (χ1v) is 8.89. The van der Waals surface area contributed by atoms with Crippen molar-refractivity contribution in [2.45, 2.75) is 6.18 Å². The summed E-state index contributed by atoms with van der Waals surface area (Å²) in [4.78, 5) is 23.0. The Bertz CT molecular complexity index is 1260. The molecule has 4 rings (SSSR count). The molecule has 30 heavy (non-hydrogen) atoms. The van der Waals surface area contributed by atoms with Gasteiger partial charge in [0.25, 0.3) is 0 Å². The van der Waals surface area contributed by atoms with Gasteiger partial charge in [-0.2, -0.15) is 13.2 Å². The minimum absolute atomic E-state index is 0.361. The molecule has 0 saturated heterocycles. The Morgan fingerprint density at radius 1 is 1.07 bits per heavy atom. The van der Waals surface area contributed by atoms with Gasteiger partial charge in [-0.05, 0) is 35.9 Å². The second kappa shape index (κ2) is 7.47. The van der Waals surface area contributed by atoms with Gasteiger partial charge in [-0.1, -0.05) is 18.7 Å². The standard InChI is InChI=1S/C22H15F3N4O/c1-2-20(30)29-17-7-14(9-26-11-17)15-8-18-19(12-28-21(18)27-10-15)13-4-3-5-16(6-13)22(23,24)25/h2-12H,1H2,(H,27,28)(H,29,30). The third kappa shape index (κ3) is 3.80. The van der Waals surface area contributed by atoms with Gasteiger partial charge < -0.3 is 10.3 Å². The van der Waals surface area contributed by atoms with Crippen LogP contribution in [0.3, 0.4) is 0 Å². The number of nitrogens with one attached hydrogen (secondary N) is 2. The molecule has 4 aromatic rings. The van der Waals surface area contributed by atoms with E-state index >= 15 is 0 Å². The van der Waals surface area contributed by atoms with E-state index in [-0.39, 0.29) is 5.91 Å². The van der Waals surface area contributed by atoms with E-state index in [9.17, 15) is 18.0 Å². The van der Waals surface area contributed by atoms with Gasteiger partial charge in [-0.3, -0.25) is 9.78 Å². The zero-order valence-electron chi connectivity index (χ0n) is 15.5. The molecule has 3 heterocycles. The van der Waals surface area contributed by atoms with E-state index in [1.165, 1.54) is 12.3 Å². The van der Waals surface area contributed by atoms with E-state index in [4.69, 9.17) is 0 Å². The van der Waals surface area contributed by atoms with Gasteiger partial charge in [0, 0.05) is 40.7 Å². The minimum Gasteiger partial charge on any atom is -0.346 e. The molecule has 0 fully saturated rings. The van der Waals surface area contributed by atoms with Crippen molar-refractivity contribution in [3.8, 4) is 22.3 Å². The average Bonchev–Trinajstić information content (AvgIpc) is 3.16. The number of rotatable bonds is 4. The lowest BCUT2D eigenvalue weighted by Crippen LogP contribution is -2.07. The second-order valence-electron chi connectivity index (χ2n) is 6.56. The van der Waals surface area contributed by atoms with Crippen LogP contribution in [0.4, 0.5) is 18.9 Å². The Labute approximate surface area is 169 Å². The van der Waals surface area contributed by atoms with Gasteiger partial charge in [-0.15, -0.1) is 0 Å². The maximum Gasteiger partial charge on any atom is 0.416 e. The Balaban J connectivity index is 1.77. The second-order valence-corrected chi connectivity index (χ2v) is 6.56. The highest BCUT2D eigenvalue weighted by atomic mass is 19.4. The molecule has 1 aromatic carbocycles. The Morgan fingerprint density at radius 3 is 2.63 bits per heavy atom. The van der Waals surface area contributed by atoms with Crippen molar-refractivity contribution in [1.29, 1.82) is 0 Å². The summed E-state index contributed by atoms with van der Waals surface area (Å²) in [5.41, 5.74) is 2.77. The van der Waals surface area contributed by atoms with Crippen LogP contribution in [0.2, 0.25) is 0 Å². The molecule has 0 unspecified atom stereocenters. The lowest BCUT2D eigenvalue weighted by molar-refractivity contribution is -0.137. The van der Waals surface area contributed by atoms with E-state index in [1.807, 2.05) is 6.07 Å². The van der Waals surface area contributed by atoms with Crippen LogP contribution in [-0.2, 0) is 11.0 Å². The van der Waals surface area contributed by atoms with Gasteiger partial charge in [0.05, 0.1) is 17.4 Å². The summed E-state index contributed by atoms with van der Waals surface area (Å²) < 4.78 is 39.3. The fourth-order valence-electron chi connectivity index (χ4n) is 3.12. The monoisotopic (exact) mass is 408 g/mol. The molecule has 0 bridgehead atoms. The summed E-state index contributed by atoms with van der Waals surface area (Å²) in [6.45, 7) is 3.41. The number of hydrogen-bond acceptors (Lipinski definition) is 3. The van der Waals surface area contributed by atoms with E-state index < -0.39 is 11.7 Å². The molecule has 150 valence electrons. The zero-order chi connectivity index (χ0) is 21.3. The number of aromatic amines is 1. The molecule has 0 aliphatic heterocycles. The van der Waals surface area contributed by atoms with Gasteiger partial charge in [-0.25, -0.2) is 4.98 Å². The number of hydrogen-bond donors (Lipinski definition) is 2. The third-order valence-corrected chi connectivity index (χ3v) is 4.56. The van der Waals surface area contributed by atoms with E-state index in [0.29, 0.717) is 39.0 Å². The average molecular weight is 408 g/mol. The summed E-state index contributed by atoms with van der Waals surface area (Å²) in [6.07, 6.45) is 3.11. The molecule has 0 spiro atoms. The summed E-state index contributed by atoms with van der Waals surface area (Å²) in [5.74, 6) is -0.361. The van der Waals surface area contributed by atoms with Crippen molar-refractivity contribution < 1.29 is 18.0 Å². The van der Waals surface area contributed by atoms with Gasteiger partial charge in [0.2, 0.25) is 5.91 Å². The topological polar surface area (TPSA) is 70.7 Å². The highest BCUT2D eigenvalue weighted by Crippen LogP contribution is 2.35. The molecule has 0 aliphatic carbocycles. The number of aromatic nitrogens is 3. The predicted octanol–water partition coefficient (Wildman–Crippen LogP) is 5.44. The van der Waals surface area contributed by atoms with Crippen LogP contribution in [-0.4, -0.2) is 20.9 Å². The van der Waals surface area contributed by atoms with Crippen molar-refractivity contribution in [3.63, 3.8) is 0 Å². The van der Waals surface area contributed by atoms with Crippen LogP contribution in [0.1, 0.15) is 5.56 Å². The Morgan fingerprint density at radius 2 is 1.87 bits per heavy atom. The normalized spacial score (nSPS) is 11.4. The van der Waals surface area contributed by atoms with Gasteiger partial charge in [0.1, 0.15) is 5.65 Å². The molecule has 3 aromatic heterocycles. The molecular formula is C22H15F3N4O. The van der Waals surface area contributed by atoms with Crippen molar-refractivity contribution in [3.05, 3.63) is 79.4 Å². The molecule has 0 aliphatic rings. The van der Waals surface area contributed by atoms with E-state index in [2.05, 4.69) is 26.8 Å². The lowest BCUT2D eigenvalue weighted by Gasteiger charge is -2.09. The molecule has 0 saturated carbocycles. The summed E-state index contributed by atoms with van der Waals surface area (Å²) in [7, 11) is 0. The fourth-order valence-corrected chi connectivity index (χ4v) is 3.12. The highest BCUT2D eigenvalue weighted by Gasteiger charge is 2.30. The number of benzene rings is 1. The number of fused-ring (bicyclic) bond motifs is 1. The van der Waals surface area contributed by atoms with Crippen LogP contribution in [0.5, 0.6) is 0 Å². The van der Waals surface area contributed by atoms with Crippen LogP contribution in [0, 0.1) is 0 Å². The van der Waals surface area contributed by atoms with E-state index in [1.54, 1.807) is 30.7 Å².